The first-order valence-electron chi connectivity index (χ1n) is 8.17. The largest absolute Gasteiger partial charge is 0.325 e. The number of urea groups is 1. The van der Waals surface area contributed by atoms with Gasteiger partial charge in [-0.05, 0) is 41.0 Å². The van der Waals surface area contributed by atoms with Crippen molar-refractivity contribution in [1.29, 1.82) is 0 Å². The number of halogens is 1. The topological polar surface area (TPSA) is 93.0 Å². The summed E-state index contributed by atoms with van der Waals surface area (Å²) >= 11 is 5.94. The number of hydrogen-bond acceptors (Lipinski definition) is 5. The van der Waals surface area contributed by atoms with Crippen molar-refractivity contribution in [2.75, 3.05) is 0 Å². The number of imide groups is 1. The summed E-state index contributed by atoms with van der Waals surface area (Å²) in [5.41, 5.74) is -0.390. The molecule has 1 aliphatic rings. The van der Waals surface area contributed by atoms with Gasteiger partial charge in [0, 0.05) is 11.6 Å². The molecule has 1 N–H and O–H groups in total. The highest BCUT2D eigenvalue weighted by Gasteiger charge is 2.51. The molecule has 0 saturated carbocycles. The second-order valence-electron chi connectivity index (χ2n) is 5.91. The lowest BCUT2D eigenvalue weighted by molar-refractivity contribution is -0.132. The van der Waals surface area contributed by atoms with Crippen molar-refractivity contribution >= 4 is 23.5 Å². The molecule has 2 aromatic rings. The van der Waals surface area contributed by atoms with Crippen LogP contribution in [0.5, 0.6) is 0 Å². The minimum Gasteiger partial charge on any atom is -0.319 e. The van der Waals surface area contributed by atoms with Crippen LogP contribution in [-0.4, -0.2) is 37.0 Å². The lowest BCUT2D eigenvalue weighted by Crippen LogP contribution is -2.43. The first-order chi connectivity index (χ1) is 12.0. The molecule has 1 aromatic heterocycles. The Hall–Kier alpha value is -2.48. The van der Waals surface area contributed by atoms with Crippen LogP contribution < -0.4 is 5.32 Å². The summed E-state index contributed by atoms with van der Waals surface area (Å²) in [6.07, 6.45) is 1.28. The van der Waals surface area contributed by atoms with Crippen LogP contribution in [0.3, 0.4) is 0 Å². The first-order valence-corrected chi connectivity index (χ1v) is 8.54. The number of aromatic nitrogens is 4. The van der Waals surface area contributed by atoms with E-state index in [9.17, 15) is 9.59 Å². The van der Waals surface area contributed by atoms with E-state index in [2.05, 4.69) is 20.8 Å². The molecule has 2 heterocycles. The van der Waals surface area contributed by atoms with E-state index in [4.69, 9.17) is 11.6 Å². The van der Waals surface area contributed by atoms with Crippen molar-refractivity contribution in [1.82, 2.24) is 30.4 Å². The molecule has 1 saturated heterocycles. The molecule has 1 fully saturated rings. The van der Waals surface area contributed by atoms with Crippen molar-refractivity contribution in [3.8, 4) is 0 Å². The van der Waals surface area contributed by atoms with Gasteiger partial charge < -0.3 is 5.32 Å². The zero-order valence-corrected chi connectivity index (χ0v) is 14.8. The molecule has 3 amide bonds. The van der Waals surface area contributed by atoms with E-state index in [1.54, 1.807) is 28.9 Å². The van der Waals surface area contributed by atoms with Crippen molar-refractivity contribution in [2.45, 2.75) is 45.3 Å². The molecule has 9 heteroatoms. The minimum absolute atomic E-state index is 0.0347. The Labute approximate surface area is 150 Å². The number of carbonyl (C=O) groups is 2. The number of rotatable bonds is 6. The molecule has 0 radical (unpaired) electrons. The van der Waals surface area contributed by atoms with Crippen molar-refractivity contribution < 1.29 is 9.59 Å². The van der Waals surface area contributed by atoms with Gasteiger partial charge in [-0.25, -0.2) is 9.48 Å². The fraction of sp³-hybridized carbons (Fsp3) is 0.438. The van der Waals surface area contributed by atoms with Crippen molar-refractivity contribution in [3.05, 3.63) is 40.7 Å². The van der Waals surface area contributed by atoms with Gasteiger partial charge in [0.05, 0.1) is 6.54 Å². The van der Waals surface area contributed by atoms with Crippen LogP contribution in [-0.2, 0) is 23.4 Å². The van der Waals surface area contributed by atoms with E-state index >= 15 is 0 Å². The van der Waals surface area contributed by atoms with Gasteiger partial charge in [0.15, 0.2) is 5.82 Å². The van der Waals surface area contributed by atoms with Gasteiger partial charge in [0.1, 0.15) is 5.54 Å². The number of carbonyl (C=O) groups excluding carboxylic acids is 2. The zero-order valence-electron chi connectivity index (χ0n) is 14.1. The molecular formula is C16H19ClN6O2. The van der Waals surface area contributed by atoms with Gasteiger partial charge >= 0.3 is 6.03 Å². The summed E-state index contributed by atoms with van der Waals surface area (Å²) < 4.78 is 1.61. The van der Waals surface area contributed by atoms with Crippen LogP contribution in [0.4, 0.5) is 4.79 Å². The lowest BCUT2D eigenvalue weighted by atomic mass is 9.87. The normalized spacial score (nSPS) is 20.2. The third-order valence-corrected chi connectivity index (χ3v) is 4.64. The summed E-state index contributed by atoms with van der Waals surface area (Å²) in [5.74, 6) is 0.168. The van der Waals surface area contributed by atoms with Crippen LogP contribution in [0.15, 0.2) is 24.3 Å². The van der Waals surface area contributed by atoms with Gasteiger partial charge in [-0.1, -0.05) is 37.6 Å². The molecule has 1 atom stereocenters. The standard InChI is InChI=1S/C16H19ClN6O2/c1-3-9-23-13(19-20-21-23)10-22-14(24)16(4-2,18-15(22)25)11-5-7-12(17)8-6-11/h5-8H,3-4,9-10H2,1-2H3,(H,18,25). The Kier molecular flexibility index (Phi) is 4.71. The van der Waals surface area contributed by atoms with Crippen LogP contribution in [0.1, 0.15) is 38.1 Å². The monoisotopic (exact) mass is 362 g/mol. The summed E-state index contributed by atoms with van der Waals surface area (Å²) in [6, 6.07) is 6.48. The van der Waals surface area contributed by atoms with Crippen LogP contribution in [0.2, 0.25) is 5.02 Å². The molecule has 0 bridgehead atoms. The number of amides is 3. The highest BCUT2D eigenvalue weighted by molar-refractivity contribution is 6.30. The molecule has 1 aromatic carbocycles. The minimum atomic E-state index is -1.09. The number of nitrogens with zero attached hydrogens (tertiary/aromatic N) is 5. The molecule has 25 heavy (non-hydrogen) atoms. The van der Waals surface area contributed by atoms with Crippen LogP contribution >= 0.6 is 11.6 Å². The van der Waals surface area contributed by atoms with Crippen LogP contribution in [0, 0.1) is 0 Å². The summed E-state index contributed by atoms with van der Waals surface area (Å²) in [6.45, 7) is 4.52. The van der Waals surface area contributed by atoms with E-state index in [1.165, 1.54) is 0 Å². The fourth-order valence-corrected chi connectivity index (χ4v) is 3.13. The quantitative estimate of drug-likeness (QED) is 0.794. The molecule has 8 nitrogen and oxygen atoms in total. The Morgan fingerprint density at radius 1 is 1.20 bits per heavy atom. The lowest BCUT2D eigenvalue weighted by Gasteiger charge is -2.25. The Bertz CT molecular complexity index is 790. The average Bonchev–Trinajstić information content (AvgIpc) is 3.14. The fourth-order valence-electron chi connectivity index (χ4n) is 3.01. The molecule has 0 aliphatic carbocycles. The molecule has 0 spiro atoms. The number of hydrogen-bond donors (Lipinski definition) is 1. The number of nitrogens with one attached hydrogen (secondary N) is 1. The van der Waals surface area contributed by atoms with Crippen molar-refractivity contribution in [3.63, 3.8) is 0 Å². The summed E-state index contributed by atoms with van der Waals surface area (Å²) in [5, 5.41) is 14.9. The maximum atomic E-state index is 13.1. The predicted octanol–water partition coefficient (Wildman–Crippen LogP) is 2.09. The zero-order chi connectivity index (χ0) is 18.0. The highest BCUT2D eigenvalue weighted by Crippen LogP contribution is 2.33. The van der Waals surface area contributed by atoms with Gasteiger partial charge in [0.25, 0.3) is 5.91 Å². The van der Waals surface area contributed by atoms with Gasteiger partial charge in [-0.15, -0.1) is 5.10 Å². The second kappa shape index (κ2) is 6.79. The Balaban J connectivity index is 1.90. The van der Waals surface area contributed by atoms with Gasteiger partial charge in [0.2, 0.25) is 0 Å². The molecule has 3 rings (SSSR count). The maximum absolute atomic E-state index is 13.1. The molecule has 132 valence electrons. The number of aryl methyl sites for hydroxylation is 1. The molecule has 1 aliphatic heterocycles. The third-order valence-electron chi connectivity index (χ3n) is 4.38. The number of benzene rings is 1. The number of tetrazole rings is 1. The predicted molar refractivity (Wildman–Crippen MR) is 90.6 cm³/mol. The average molecular weight is 363 g/mol. The van der Waals surface area contributed by atoms with Gasteiger partial charge in [-0.3, -0.25) is 9.69 Å². The van der Waals surface area contributed by atoms with E-state index in [1.807, 2.05) is 13.8 Å². The highest BCUT2D eigenvalue weighted by atomic mass is 35.5. The van der Waals surface area contributed by atoms with E-state index in [-0.39, 0.29) is 12.5 Å². The van der Waals surface area contributed by atoms with Gasteiger partial charge in [-0.2, -0.15) is 0 Å². The van der Waals surface area contributed by atoms with Crippen LogP contribution in [0.25, 0.3) is 0 Å². The SMILES string of the molecule is CCCn1nnnc1CN1C(=O)NC(CC)(c2ccc(Cl)cc2)C1=O. The molecule has 1 unspecified atom stereocenters. The second-order valence-corrected chi connectivity index (χ2v) is 6.34. The summed E-state index contributed by atoms with van der Waals surface area (Å²) in [7, 11) is 0. The maximum Gasteiger partial charge on any atom is 0.325 e. The smallest absolute Gasteiger partial charge is 0.319 e. The van der Waals surface area contributed by atoms with E-state index in [0.29, 0.717) is 29.4 Å². The first kappa shape index (κ1) is 17.3. The molecular weight excluding hydrogens is 344 g/mol. The third kappa shape index (κ3) is 2.97. The van der Waals surface area contributed by atoms with Crippen molar-refractivity contribution in [2.24, 2.45) is 0 Å². The Morgan fingerprint density at radius 2 is 1.92 bits per heavy atom. The van der Waals surface area contributed by atoms with E-state index < -0.39 is 11.6 Å². The summed E-state index contributed by atoms with van der Waals surface area (Å²) in [4.78, 5) is 26.7. The van der Waals surface area contributed by atoms with E-state index in [0.717, 1.165) is 11.3 Å². The Morgan fingerprint density at radius 3 is 2.56 bits per heavy atom.